The van der Waals surface area contributed by atoms with Gasteiger partial charge in [0.15, 0.2) is 0 Å². The fraction of sp³-hybridized carbons (Fsp3) is 0.222. The molecule has 0 bridgehead atoms. The zero-order chi connectivity index (χ0) is 18.4. The van der Waals surface area contributed by atoms with E-state index in [9.17, 15) is 8.42 Å². The summed E-state index contributed by atoms with van der Waals surface area (Å²) in [5, 5.41) is 0. The van der Waals surface area contributed by atoms with Crippen molar-refractivity contribution in [3.63, 3.8) is 0 Å². The third-order valence-electron chi connectivity index (χ3n) is 3.72. The average molecular weight is 536 g/mol. The molecule has 0 spiro atoms. The summed E-state index contributed by atoms with van der Waals surface area (Å²) in [6.07, 6.45) is 1.67. The normalized spacial score (nSPS) is 12.8. The number of methoxy groups -OCH3 is 1. The van der Waals surface area contributed by atoms with Crippen LogP contribution in [-0.4, -0.2) is 30.3 Å². The SMILES string of the molecule is C=C[C@@H](CI)N(Cc1ccc(OC)cc1)S(=O)(=O)c1ccc(Br)cc1. The van der Waals surface area contributed by atoms with Crippen LogP contribution in [-0.2, 0) is 16.6 Å². The van der Waals surface area contributed by atoms with E-state index < -0.39 is 10.0 Å². The van der Waals surface area contributed by atoms with Gasteiger partial charge in [-0.15, -0.1) is 6.58 Å². The summed E-state index contributed by atoms with van der Waals surface area (Å²) in [5.74, 6) is 0.736. The fourth-order valence-corrected chi connectivity index (χ4v) is 5.24. The van der Waals surface area contributed by atoms with Gasteiger partial charge in [-0.1, -0.05) is 56.7 Å². The molecule has 25 heavy (non-hydrogen) atoms. The first-order chi connectivity index (χ1) is 11.9. The Morgan fingerprint density at radius 2 is 1.80 bits per heavy atom. The minimum atomic E-state index is -3.65. The molecule has 0 heterocycles. The van der Waals surface area contributed by atoms with E-state index >= 15 is 0 Å². The summed E-state index contributed by atoms with van der Waals surface area (Å²) >= 11 is 5.51. The lowest BCUT2D eigenvalue weighted by atomic mass is 10.2. The highest BCUT2D eigenvalue weighted by Crippen LogP contribution is 2.25. The van der Waals surface area contributed by atoms with Crippen molar-refractivity contribution in [3.8, 4) is 5.75 Å². The summed E-state index contributed by atoms with van der Waals surface area (Å²) in [5.41, 5.74) is 0.887. The van der Waals surface area contributed by atoms with Crippen LogP contribution in [0.1, 0.15) is 5.56 Å². The van der Waals surface area contributed by atoms with Crippen molar-refractivity contribution in [2.45, 2.75) is 17.5 Å². The van der Waals surface area contributed by atoms with Crippen molar-refractivity contribution in [1.82, 2.24) is 4.31 Å². The number of ether oxygens (including phenoxy) is 1. The van der Waals surface area contributed by atoms with Gasteiger partial charge in [0.1, 0.15) is 5.75 Å². The topological polar surface area (TPSA) is 46.6 Å². The molecule has 0 aliphatic rings. The quantitative estimate of drug-likeness (QED) is 0.281. The molecule has 4 nitrogen and oxygen atoms in total. The van der Waals surface area contributed by atoms with E-state index in [4.69, 9.17) is 4.74 Å². The maximum atomic E-state index is 13.2. The van der Waals surface area contributed by atoms with Gasteiger partial charge in [-0.2, -0.15) is 4.31 Å². The molecular formula is C18H19BrINO3S. The Morgan fingerprint density at radius 3 is 2.28 bits per heavy atom. The lowest BCUT2D eigenvalue weighted by Gasteiger charge is -2.28. The highest BCUT2D eigenvalue weighted by molar-refractivity contribution is 14.1. The maximum Gasteiger partial charge on any atom is 0.243 e. The van der Waals surface area contributed by atoms with Crippen molar-refractivity contribution in [1.29, 1.82) is 0 Å². The molecule has 0 saturated carbocycles. The van der Waals surface area contributed by atoms with Gasteiger partial charge in [0.2, 0.25) is 10.0 Å². The second kappa shape index (κ2) is 9.16. The maximum absolute atomic E-state index is 13.2. The molecule has 0 unspecified atom stereocenters. The molecule has 0 fully saturated rings. The van der Waals surface area contributed by atoms with Crippen molar-refractivity contribution in [2.75, 3.05) is 11.5 Å². The molecule has 0 radical (unpaired) electrons. The number of rotatable bonds is 8. The lowest BCUT2D eigenvalue weighted by molar-refractivity contribution is 0.377. The number of sulfonamides is 1. The standard InChI is InChI=1S/C18H19BrINO3S/c1-3-16(12-20)21(13-14-4-8-17(24-2)9-5-14)25(22,23)18-10-6-15(19)7-11-18/h3-11,16H,1,12-13H2,2H3/t16-/m0/s1. The van der Waals surface area contributed by atoms with E-state index in [1.54, 1.807) is 37.5 Å². The van der Waals surface area contributed by atoms with Crippen LogP contribution in [0.5, 0.6) is 5.75 Å². The molecule has 1 atom stereocenters. The van der Waals surface area contributed by atoms with E-state index in [0.717, 1.165) is 15.8 Å². The second-order valence-electron chi connectivity index (χ2n) is 5.31. The molecule has 2 aromatic rings. The summed E-state index contributed by atoms with van der Waals surface area (Å²) in [6, 6.07) is 13.8. The number of nitrogens with zero attached hydrogens (tertiary/aromatic N) is 1. The molecule has 0 aliphatic carbocycles. The Labute approximate surface area is 171 Å². The number of alkyl halides is 1. The van der Waals surface area contributed by atoms with E-state index in [1.807, 2.05) is 24.3 Å². The Kier molecular flexibility index (Phi) is 7.48. The Bertz CT molecular complexity index is 807. The largest absolute Gasteiger partial charge is 0.497 e. The summed E-state index contributed by atoms with van der Waals surface area (Å²) in [7, 11) is -2.05. The van der Waals surface area contributed by atoms with Gasteiger partial charge < -0.3 is 4.74 Å². The average Bonchev–Trinajstić information content (AvgIpc) is 2.62. The number of halogens is 2. The van der Waals surface area contributed by atoms with Gasteiger partial charge in [-0.3, -0.25) is 0 Å². The number of hydrogen-bond acceptors (Lipinski definition) is 3. The predicted octanol–water partition coefficient (Wildman–Crippen LogP) is 4.64. The molecule has 0 amide bonds. The molecule has 7 heteroatoms. The minimum Gasteiger partial charge on any atom is -0.497 e. The molecule has 0 aliphatic heterocycles. The fourth-order valence-electron chi connectivity index (χ4n) is 2.29. The first-order valence-corrected chi connectivity index (χ1v) is 11.3. The highest BCUT2D eigenvalue weighted by Gasteiger charge is 2.29. The molecule has 134 valence electrons. The van der Waals surface area contributed by atoms with Crippen LogP contribution in [0.3, 0.4) is 0 Å². The van der Waals surface area contributed by atoms with Gasteiger partial charge in [0.25, 0.3) is 0 Å². The smallest absolute Gasteiger partial charge is 0.243 e. The molecule has 0 N–H and O–H groups in total. The van der Waals surface area contributed by atoms with Crippen molar-refractivity contribution < 1.29 is 13.2 Å². The molecule has 0 saturated heterocycles. The first-order valence-electron chi connectivity index (χ1n) is 7.51. The lowest BCUT2D eigenvalue weighted by Crippen LogP contribution is -2.39. The van der Waals surface area contributed by atoms with E-state index in [0.29, 0.717) is 4.43 Å². The van der Waals surface area contributed by atoms with Crippen LogP contribution in [0.2, 0.25) is 0 Å². The Balaban J connectivity index is 2.40. The summed E-state index contributed by atoms with van der Waals surface area (Å²) in [4.78, 5) is 0.265. The van der Waals surface area contributed by atoms with Gasteiger partial charge in [-0.05, 0) is 42.0 Å². The van der Waals surface area contributed by atoms with Crippen molar-refractivity contribution in [2.24, 2.45) is 0 Å². The van der Waals surface area contributed by atoms with Crippen LogP contribution in [0.4, 0.5) is 0 Å². The number of benzene rings is 2. The first kappa shape index (κ1) is 20.4. The molecule has 2 aromatic carbocycles. The van der Waals surface area contributed by atoms with Crippen molar-refractivity contribution in [3.05, 3.63) is 71.2 Å². The Morgan fingerprint density at radius 1 is 1.20 bits per heavy atom. The zero-order valence-corrected chi connectivity index (χ0v) is 18.3. The van der Waals surface area contributed by atoms with Crippen LogP contribution >= 0.6 is 38.5 Å². The zero-order valence-electron chi connectivity index (χ0n) is 13.7. The van der Waals surface area contributed by atoms with Crippen molar-refractivity contribution >= 4 is 48.5 Å². The molecular weight excluding hydrogens is 517 g/mol. The van der Waals surface area contributed by atoms with Crippen LogP contribution < -0.4 is 4.74 Å². The summed E-state index contributed by atoms with van der Waals surface area (Å²) < 4.78 is 34.4. The van der Waals surface area contributed by atoms with Gasteiger partial charge in [0.05, 0.1) is 18.0 Å². The molecule has 0 aromatic heterocycles. The van der Waals surface area contributed by atoms with E-state index in [-0.39, 0.29) is 17.5 Å². The van der Waals surface area contributed by atoms with Gasteiger partial charge >= 0.3 is 0 Å². The molecule has 2 rings (SSSR count). The monoisotopic (exact) mass is 535 g/mol. The Hall–Kier alpha value is -0.900. The second-order valence-corrected chi connectivity index (χ2v) is 9.00. The third-order valence-corrected chi connectivity index (χ3v) is 7.03. The van der Waals surface area contributed by atoms with Crippen LogP contribution in [0.15, 0.2) is 70.6 Å². The van der Waals surface area contributed by atoms with E-state index in [2.05, 4.69) is 45.1 Å². The highest BCUT2D eigenvalue weighted by atomic mass is 127. The number of hydrogen-bond donors (Lipinski definition) is 0. The third kappa shape index (κ3) is 5.06. The minimum absolute atomic E-state index is 0.265. The van der Waals surface area contributed by atoms with Gasteiger partial charge in [-0.25, -0.2) is 8.42 Å². The van der Waals surface area contributed by atoms with E-state index in [1.165, 1.54) is 4.31 Å². The van der Waals surface area contributed by atoms with Crippen LogP contribution in [0.25, 0.3) is 0 Å². The summed E-state index contributed by atoms with van der Waals surface area (Å²) in [6.45, 7) is 4.07. The predicted molar refractivity (Wildman–Crippen MR) is 113 cm³/mol. The van der Waals surface area contributed by atoms with Crippen LogP contribution in [0, 0.1) is 0 Å². The van der Waals surface area contributed by atoms with Gasteiger partial charge in [0, 0.05) is 15.4 Å².